The Morgan fingerprint density at radius 3 is 2.38 bits per heavy atom. The molecule has 0 saturated carbocycles. The molecule has 0 rings (SSSR count). The number of unbranched alkanes of at least 4 members (excludes halogenated alkanes) is 5. The average molecular weight is 228 g/mol. The first-order valence-electron chi connectivity index (χ1n) is 6.66. The van der Waals surface area contributed by atoms with Gasteiger partial charge in [0.25, 0.3) is 0 Å². The van der Waals surface area contributed by atoms with Gasteiger partial charge in [-0.15, -0.1) is 0 Å². The maximum Gasteiger partial charge on any atom is 0.222 e. The van der Waals surface area contributed by atoms with Gasteiger partial charge in [0.05, 0.1) is 0 Å². The Hall–Kier alpha value is -0.570. The average Bonchev–Trinajstić information content (AvgIpc) is 2.29. The van der Waals surface area contributed by atoms with Crippen LogP contribution in [-0.4, -0.2) is 30.9 Å². The number of nitrogens with two attached hydrogens (primary N) is 1. The Morgan fingerprint density at radius 1 is 1.06 bits per heavy atom. The first-order chi connectivity index (χ1) is 7.72. The van der Waals surface area contributed by atoms with Crippen LogP contribution in [0.1, 0.15) is 58.3 Å². The van der Waals surface area contributed by atoms with Crippen molar-refractivity contribution in [3.8, 4) is 0 Å². The van der Waals surface area contributed by atoms with Crippen LogP contribution in [0.2, 0.25) is 0 Å². The van der Waals surface area contributed by atoms with Gasteiger partial charge >= 0.3 is 0 Å². The lowest BCUT2D eigenvalue weighted by Gasteiger charge is -2.16. The second-order valence-corrected chi connectivity index (χ2v) is 4.48. The monoisotopic (exact) mass is 228 g/mol. The van der Waals surface area contributed by atoms with E-state index in [0.717, 1.165) is 38.8 Å². The molecular weight excluding hydrogens is 200 g/mol. The van der Waals surface area contributed by atoms with E-state index in [1.165, 1.54) is 19.3 Å². The van der Waals surface area contributed by atoms with Gasteiger partial charge in [0.15, 0.2) is 0 Å². The van der Waals surface area contributed by atoms with Crippen LogP contribution in [0.5, 0.6) is 0 Å². The van der Waals surface area contributed by atoms with Gasteiger partial charge in [-0.3, -0.25) is 4.79 Å². The largest absolute Gasteiger partial charge is 0.346 e. The fraction of sp³-hybridized carbons (Fsp3) is 0.923. The summed E-state index contributed by atoms with van der Waals surface area (Å²) >= 11 is 0. The number of hydrogen-bond donors (Lipinski definition) is 1. The van der Waals surface area contributed by atoms with E-state index in [9.17, 15) is 4.79 Å². The van der Waals surface area contributed by atoms with E-state index >= 15 is 0 Å². The zero-order chi connectivity index (χ0) is 12.2. The summed E-state index contributed by atoms with van der Waals surface area (Å²) < 4.78 is 0. The number of carbonyl (C=O) groups excluding carboxylic acids is 1. The van der Waals surface area contributed by atoms with E-state index < -0.39 is 0 Å². The van der Waals surface area contributed by atoms with Crippen molar-refractivity contribution in [2.75, 3.05) is 20.1 Å². The normalized spacial score (nSPS) is 10.4. The van der Waals surface area contributed by atoms with E-state index in [0.29, 0.717) is 12.3 Å². The maximum atomic E-state index is 11.7. The molecule has 16 heavy (non-hydrogen) atoms. The van der Waals surface area contributed by atoms with Crippen molar-refractivity contribution in [1.82, 2.24) is 4.90 Å². The third-order valence-corrected chi connectivity index (χ3v) is 2.87. The zero-order valence-corrected chi connectivity index (χ0v) is 11.0. The van der Waals surface area contributed by atoms with Crippen LogP contribution in [-0.2, 0) is 4.79 Å². The van der Waals surface area contributed by atoms with Gasteiger partial charge in [-0.2, -0.15) is 0 Å². The summed E-state index contributed by atoms with van der Waals surface area (Å²) in [6.45, 7) is 3.83. The van der Waals surface area contributed by atoms with Gasteiger partial charge in [-0.1, -0.05) is 32.6 Å². The highest BCUT2D eigenvalue weighted by Crippen LogP contribution is 2.05. The lowest BCUT2D eigenvalue weighted by molar-refractivity contribution is -0.130. The van der Waals surface area contributed by atoms with Gasteiger partial charge in [0.1, 0.15) is 0 Å². The van der Waals surface area contributed by atoms with Crippen LogP contribution in [0.4, 0.5) is 0 Å². The Balaban J connectivity index is 3.42. The predicted molar refractivity (Wildman–Crippen MR) is 69.3 cm³/mol. The second-order valence-electron chi connectivity index (χ2n) is 4.48. The van der Waals surface area contributed by atoms with Gasteiger partial charge in [0.2, 0.25) is 5.91 Å². The molecule has 0 aromatic carbocycles. The number of amides is 1. The fourth-order valence-electron chi connectivity index (χ4n) is 1.69. The minimum Gasteiger partial charge on any atom is -0.346 e. The fourth-order valence-corrected chi connectivity index (χ4v) is 1.69. The van der Waals surface area contributed by atoms with Crippen molar-refractivity contribution in [2.45, 2.75) is 58.3 Å². The van der Waals surface area contributed by atoms with Crippen LogP contribution in [0, 0.1) is 0 Å². The minimum absolute atomic E-state index is 0.295. The molecule has 0 aliphatic heterocycles. The highest BCUT2D eigenvalue weighted by Gasteiger charge is 2.07. The lowest BCUT2D eigenvalue weighted by atomic mass is 10.1. The highest BCUT2D eigenvalue weighted by molar-refractivity contribution is 5.75. The molecule has 0 bridgehead atoms. The Morgan fingerprint density at radius 2 is 1.75 bits per heavy atom. The third-order valence-electron chi connectivity index (χ3n) is 2.87. The van der Waals surface area contributed by atoms with Gasteiger partial charge < -0.3 is 10.6 Å². The van der Waals surface area contributed by atoms with E-state index in [1.54, 1.807) is 0 Å². The molecule has 0 saturated heterocycles. The summed E-state index contributed by atoms with van der Waals surface area (Å²) in [4.78, 5) is 13.5. The third kappa shape index (κ3) is 8.72. The molecular formula is C13H28N2O. The molecule has 0 aliphatic rings. The molecule has 0 aliphatic carbocycles. The van der Waals surface area contributed by atoms with Crippen molar-refractivity contribution in [1.29, 1.82) is 0 Å². The van der Waals surface area contributed by atoms with Crippen molar-refractivity contribution in [3.05, 3.63) is 0 Å². The van der Waals surface area contributed by atoms with Crippen molar-refractivity contribution >= 4 is 5.91 Å². The molecule has 0 heterocycles. The smallest absolute Gasteiger partial charge is 0.222 e. The summed E-state index contributed by atoms with van der Waals surface area (Å²) in [6, 6.07) is 0. The van der Waals surface area contributed by atoms with E-state index in [2.05, 4.69) is 6.92 Å². The molecule has 0 radical (unpaired) electrons. The van der Waals surface area contributed by atoms with Crippen LogP contribution in [0.3, 0.4) is 0 Å². The van der Waals surface area contributed by atoms with Crippen molar-refractivity contribution < 1.29 is 4.79 Å². The molecule has 0 aromatic heterocycles. The van der Waals surface area contributed by atoms with Crippen LogP contribution in [0.25, 0.3) is 0 Å². The molecule has 0 spiro atoms. The zero-order valence-electron chi connectivity index (χ0n) is 11.0. The van der Waals surface area contributed by atoms with E-state index in [1.807, 2.05) is 11.9 Å². The Bertz CT molecular complexity index is 171. The number of hydrogen-bond acceptors (Lipinski definition) is 2. The van der Waals surface area contributed by atoms with E-state index in [-0.39, 0.29) is 0 Å². The molecule has 0 aromatic rings. The van der Waals surface area contributed by atoms with Gasteiger partial charge in [-0.05, 0) is 25.8 Å². The predicted octanol–water partition coefficient (Wildman–Crippen LogP) is 2.54. The van der Waals surface area contributed by atoms with Crippen molar-refractivity contribution in [3.63, 3.8) is 0 Å². The molecule has 0 unspecified atom stereocenters. The summed E-state index contributed by atoms with van der Waals surface area (Å²) in [5.74, 6) is 0.295. The first-order valence-corrected chi connectivity index (χ1v) is 6.66. The molecule has 3 nitrogen and oxygen atoms in total. The van der Waals surface area contributed by atoms with Crippen LogP contribution in [0.15, 0.2) is 0 Å². The minimum atomic E-state index is 0.295. The summed E-state index contributed by atoms with van der Waals surface area (Å²) in [5, 5.41) is 0. The quantitative estimate of drug-likeness (QED) is 0.584. The second kappa shape index (κ2) is 10.9. The summed E-state index contributed by atoms with van der Waals surface area (Å²) in [5.41, 5.74) is 5.42. The van der Waals surface area contributed by atoms with Crippen LogP contribution < -0.4 is 5.73 Å². The number of nitrogens with zero attached hydrogens (tertiary/aromatic N) is 1. The number of carbonyl (C=O) groups is 1. The lowest BCUT2D eigenvalue weighted by Crippen LogP contribution is -2.27. The van der Waals surface area contributed by atoms with Crippen LogP contribution >= 0.6 is 0 Å². The standard InChI is InChI=1S/C13H28N2O/c1-3-4-5-7-10-13(16)15(2)12-9-6-8-11-14/h3-12,14H2,1-2H3. The van der Waals surface area contributed by atoms with Gasteiger partial charge in [0, 0.05) is 20.0 Å². The Kier molecular flexibility index (Phi) is 10.5. The first kappa shape index (κ1) is 15.4. The molecule has 1 amide bonds. The molecule has 2 N–H and O–H groups in total. The van der Waals surface area contributed by atoms with E-state index in [4.69, 9.17) is 5.73 Å². The summed E-state index contributed by atoms with van der Waals surface area (Å²) in [6.07, 6.45) is 8.68. The number of rotatable bonds is 10. The molecule has 0 atom stereocenters. The Labute approximate surface area is 100 Å². The topological polar surface area (TPSA) is 46.3 Å². The summed E-state index contributed by atoms with van der Waals surface area (Å²) in [7, 11) is 1.91. The highest BCUT2D eigenvalue weighted by atomic mass is 16.2. The van der Waals surface area contributed by atoms with Gasteiger partial charge in [-0.25, -0.2) is 0 Å². The maximum absolute atomic E-state index is 11.7. The molecule has 96 valence electrons. The SMILES string of the molecule is CCCCCCC(=O)N(C)CCCCCN. The molecule has 0 fully saturated rings. The van der Waals surface area contributed by atoms with Crippen molar-refractivity contribution in [2.24, 2.45) is 5.73 Å². The molecule has 3 heteroatoms.